The molecule has 0 spiro atoms. The van der Waals surface area contributed by atoms with Gasteiger partial charge in [0.25, 0.3) is 0 Å². The number of halogens is 1. The predicted molar refractivity (Wildman–Crippen MR) is 148 cm³/mol. The lowest BCUT2D eigenvalue weighted by atomic mass is 9.96. The van der Waals surface area contributed by atoms with Gasteiger partial charge < -0.3 is 9.53 Å². The topological polar surface area (TPSA) is 26.3 Å². The molecule has 33 heavy (non-hydrogen) atoms. The number of unbranched alkanes of at least 4 members (excludes halogenated alkanes) is 15. The molecule has 0 aliphatic heterocycles. The minimum Gasteiger partial charge on any atom is -0.378 e. The summed E-state index contributed by atoms with van der Waals surface area (Å²) in [5.74, 6) is 0.218. The molecule has 0 radical (unpaired) electrons. The largest absolute Gasteiger partial charge is 0.378 e. The van der Waals surface area contributed by atoms with Crippen molar-refractivity contribution < 1.29 is 9.53 Å². The van der Waals surface area contributed by atoms with Crippen molar-refractivity contribution in [2.75, 3.05) is 6.61 Å². The molecule has 1 aliphatic carbocycles. The Kier molecular flexibility index (Phi) is 22.5. The summed E-state index contributed by atoms with van der Waals surface area (Å²) in [5, 5.41) is 0. The molecule has 0 bridgehead atoms. The molecule has 1 rings (SSSR count). The molecule has 0 aromatic rings. The van der Waals surface area contributed by atoms with Crippen molar-refractivity contribution >= 4 is 22.2 Å². The van der Waals surface area contributed by atoms with Gasteiger partial charge in [0.2, 0.25) is 0 Å². The molecule has 0 aromatic heterocycles. The Morgan fingerprint density at radius 1 is 0.697 bits per heavy atom. The predicted octanol–water partition coefficient (Wildman–Crippen LogP) is 10.3. The van der Waals surface area contributed by atoms with E-state index in [2.05, 4.69) is 22.9 Å². The molecule has 0 N–H and O–H groups in total. The maximum absolute atomic E-state index is 11.2. The van der Waals surface area contributed by atoms with Gasteiger partial charge in [-0.3, -0.25) is 0 Å². The molecule has 2 nitrogen and oxygen atoms in total. The third kappa shape index (κ3) is 19.0. The first kappa shape index (κ1) is 31.1. The van der Waals surface area contributed by atoms with Crippen LogP contribution in [-0.2, 0) is 9.53 Å². The normalized spacial score (nSPS) is 16.7. The molecule has 0 amide bonds. The molecule has 1 saturated carbocycles. The van der Waals surface area contributed by atoms with Gasteiger partial charge in [0.1, 0.15) is 6.29 Å². The highest BCUT2D eigenvalue weighted by molar-refractivity contribution is 9.09. The van der Waals surface area contributed by atoms with E-state index >= 15 is 0 Å². The monoisotopic (exact) mass is 528 g/mol. The lowest BCUT2D eigenvalue weighted by molar-refractivity contribution is -0.111. The number of carbonyl (C=O) groups is 1. The van der Waals surface area contributed by atoms with E-state index in [1.807, 2.05) is 0 Å². The second-order valence-electron chi connectivity index (χ2n) is 10.7. The van der Waals surface area contributed by atoms with E-state index in [4.69, 9.17) is 4.74 Å². The van der Waals surface area contributed by atoms with Crippen LogP contribution in [0.15, 0.2) is 0 Å². The minimum absolute atomic E-state index is 0.218. The molecule has 2 atom stereocenters. The summed E-state index contributed by atoms with van der Waals surface area (Å²) in [6.45, 7) is 3.19. The van der Waals surface area contributed by atoms with E-state index in [0.29, 0.717) is 10.9 Å². The second-order valence-corrected chi connectivity index (χ2v) is 11.9. The van der Waals surface area contributed by atoms with Crippen molar-refractivity contribution in [1.29, 1.82) is 0 Å². The maximum atomic E-state index is 11.2. The quantitative estimate of drug-likeness (QED) is 0.0706. The number of ether oxygens (including phenoxy) is 1. The molecule has 0 aromatic carbocycles. The fourth-order valence-corrected chi connectivity index (χ4v) is 6.11. The van der Waals surface area contributed by atoms with Crippen LogP contribution in [-0.4, -0.2) is 23.8 Å². The van der Waals surface area contributed by atoms with Gasteiger partial charge in [0.15, 0.2) is 0 Å². The first-order chi connectivity index (χ1) is 16.3. The number of hydrogen-bond acceptors (Lipinski definition) is 2. The van der Waals surface area contributed by atoms with Gasteiger partial charge in [-0.05, 0) is 32.1 Å². The molecule has 0 heterocycles. The molecule has 196 valence electrons. The van der Waals surface area contributed by atoms with Crippen molar-refractivity contribution in [2.45, 2.75) is 172 Å². The van der Waals surface area contributed by atoms with E-state index in [0.717, 1.165) is 25.9 Å². The fourth-order valence-electron chi connectivity index (χ4n) is 5.26. The number of carbonyl (C=O) groups excluding carboxylic acids is 1. The Hall–Kier alpha value is 0.110. The van der Waals surface area contributed by atoms with E-state index in [1.165, 1.54) is 141 Å². The van der Waals surface area contributed by atoms with Crippen LogP contribution in [0.3, 0.4) is 0 Å². The van der Waals surface area contributed by atoms with Crippen molar-refractivity contribution in [3.05, 3.63) is 0 Å². The standard InChI is InChI=1S/C30H57BrO2/c1-2-22-30(31)28(27-32)23-18-15-13-11-9-7-5-3-4-6-8-10-12-14-16-21-26-33-29-24-19-17-20-25-29/h27-30H,2-26H2,1H3. The zero-order valence-corrected chi connectivity index (χ0v) is 23.8. The van der Waals surface area contributed by atoms with Gasteiger partial charge in [0, 0.05) is 17.4 Å². The summed E-state index contributed by atoms with van der Waals surface area (Å²) in [5.41, 5.74) is 0. The summed E-state index contributed by atoms with van der Waals surface area (Å²) in [7, 11) is 0. The Morgan fingerprint density at radius 3 is 1.61 bits per heavy atom. The third-order valence-electron chi connectivity index (χ3n) is 7.54. The lowest BCUT2D eigenvalue weighted by Crippen LogP contribution is -2.17. The second kappa shape index (κ2) is 23.8. The molecule has 1 aliphatic rings. The molecule has 3 heteroatoms. The molecule has 1 fully saturated rings. The van der Waals surface area contributed by atoms with Crippen molar-refractivity contribution in [2.24, 2.45) is 5.92 Å². The Balaban J connectivity index is 1.71. The van der Waals surface area contributed by atoms with Crippen molar-refractivity contribution in [1.82, 2.24) is 0 Å². The van der Waals surface area contributed by atoms with Crippen molar-refractivity contribution in [3.63, 3.8) is 0 Å². The molecule has 0 saturated heterocycles. The highest BCUT2D eigenvalue weighted by Crippen LogP contribution is 2.23. The summed E-state index contributed by atoms with van der Waals surface area (Å²) in [6.07, 6.45) is 34.0. The van der Waals surface area contributed by atoms with E-state index in [9.17, 15) is 4.79 Å². The first-order valence-electron chi connectivity index (χ1n) is 15.0. The average molecular weight is 530 g/mol. The fraction of sp³-hybridized carbons (Fsp3) is 0.967. The summed E-state index contributed by atoms with van der Waals surface area (Å²) >= 11 is 3.69. The lowest BCUT2D eigenvalue weighted by Gasteiger charge is -2.21. The molecular weight excluding hydrogens is 472 g/mol. The van der Waals surface area contributed by atoms with Crippen molar-refractivity contribution in [3.8, 4) is 0 Å². The van der Waals surface area contributed by atoms with Crippen LogP contribution in [0.5, 0.6) is 0 Å². The smallest absolute Gasteiger partial charge is 0.124 e. The first-order valence-corrected chi connectivity index (χ1v) is 15.9. The van der Waals surface area contributed by atoms with Gasteiger partial charge in [-0.2, -0.15) is 0 Å². The van der Waals surface area contributed by atoms with Crippen LogP contribution in [0, 0.1) is 5.92 Å². The highest BCUT2D eigenvalue weighted by Gasteiger charge is 2.16. The van der Waals surface area contributed by atoms with Crippen LogP contribution in [0.4, 0.5) is 0 Å². The van der Waals surface area contributed by atoms with Crippen LogP contribution in [0.2, 0.25) is 0 Å². The number of hydrogen-bond donors (Lipinski definition) is 0. The Morgan fingerprint density at radius 2 is 1.15 bits per heavy atom. The van der Waals surface area contributed by atoms with Gasteiger partial charge >= 0.3 is 0 Å². The van der Waals surface area contributed by atoms with Crippen LogP contribution >= 0.6 is 15.9 Å². The zero-order valence-electron chi connectivity index (χ0n) is 22.2. The Bertz CT molecular complexity index is 408. The number of aldehydes is 1. The van der Waals surface area contributed by atoms with Crippen LogP contribution in [0.1, 0.15) is 161 Å². The van der Waals surface area contributed by atoms with E-state index in [1.54, 1.807) is 0 Å². The summed E-state index contributed by atoms with van der Waals surface area (Å²) < 4.78 is 6.02. The highest BCUT2D eigenvalue weighted by atomic mass is 79.9. The van der Waals surface area contributed by atoms with E-state index in [-0.39, 0.29) is 5.92 Å². The number of alkyl halides is 1. The van der Waals surface area contributed by atoms with Gasteiger partial charge in [0.05, 0.1) is 6.10 Å². The zero-order chi connectivity index (χ0) is 23.8. The van der Waals surface area contributed by atoms with Crippen LogP contribution in [0.25, 0.3) is 0 Å². The molecular formula is C30H57BrO2. The average Bonchev–Trinajstić information content (AvgIpc) is 2.83. The summed E-state index contributed by atoms with van der Waals surface area (Å²) in [6, 6.07) is 0. The molecule has 2 unspecified atom stereocenters. The van der Waals surface area contributed by atoms with Gasteiger partial charge in [-0.15, -0.1) is 0 Å². The van der Waals surface area contributed by atoms with Gasteiger partial charge in [-0.25, -0.2) is 0 Å². The van der Waals surface area contributed by atoms with Gasteiger partial charge in [-0.1, -0.05) is 145 Å². The Labute approximate surface area is 215 Å². The maximum Gasteiger partial charge on any atom is 0.124 e. The number of rotatable bonds is 24. The SMILES string of the molecule is CCCC(Br)C(C=O)CCCCCCCCCCCCCCCCCCOC1CCCCC1. The van der Waals surface area contributed by atoms with Crippen LogP contribution < -0.4 is 0 Å². The minimum atomic E-state index is 0.218. The third-order valence-corrected chi connectivity index (χ3v) is 8.68. The van der Waals surface area contributed by atoms with E-state index < -0.39 is 0 Å². The summed E-state index contributed by atoms with van der Waals surface area (Å²) in [4.78, 5) is 11.6.